The summed E-state index contributed by atoms with van der Waals surface area (Å²) in [5.41, 5.74) is -1.60. The molecule has 0 atom stereocenters. The van der Waals surface area contributed by atoms with Gasteiger partial charge >= 0.3 is 6.18 Å². The van der Waals surface area contributed by atoms with Gasteiger partial charge in [0.2, 0.25) is 0 Å². The second kappa shape index (κ2) is 5.16. The van der Waals surface area contributed by atoms with E-state index >= 15 is 0 Å². The van der Waals surface area contributed by atoms with E-state index in [0.717, 1.165) is 12.8 Å². The second-order valence-corrected chi connectivity index (χ2v) is 3.97. The zero-order valence-electron chi connectivity index (χ0n) is 8.99. The second-order valence-electron chi connectivity index (χ2n) is 3.97. The first-order chi connectivity index (χ1) is 7.02. The average molecular weight is 225 g/mol. The summed E-state index contributed by atoms with van der Waals surface area (Å²) < 4.78 is 42.4. The summed E-state index contributed by atoms with van der Waals surface area (Å²) in [6, 6.07) is 0. The van der Waals surface area contributed by atoms with Crippen molar-refractivity contribution >= 4 is 0 Å². The van der Waals surface area contributed by atoms with Crippen LogP contribution < -0.4 is 5.32 Å². The number of halogens is 3. The quantitative estimate of drug-likeness (QED) is 0.672. The minimum absolute atomic E-state index is 0.200. The number of nitrogens with one attached hydrogen (secondary N) is 1. The zero-order valence-corrected chi connectivity index (χ0v) is 8.99. The van der Waals surface area contributed by atoms with Gasteiger partial charge in [-0.05, 0) is 19.3 Å². The zero-order chi connectivity index (χ0) is 11.4. The van der Waals surface area contributed by atoms with Crippen LogP contribution in [-0.4, -0.2) is 31.5 Å². The van der Waals surface area contributed by atoms with Gasteiger partial charge in [-0.1, -0.05) is 13.3 Å². The third kappa shape index (κ3) is 3.65. The van der Waals surface area contributed by atoms with Crippen LogP contribution in [0.4, 0.5) is 13.2 Å². The normalized spacial score (nSPS) is 19.2. The molecule has 2 nitrogen and oxygen atoms in total. The van der Waals surface area contributed by atoms with Crippen molar-refractivity contribution in [3.8, 4) is 0 Å². The summed E-state index contributed by atoms with van der Waals surface area (Å²) in [5, 5.41) is 2.54. The number of hydrogen-bond donors (Lipinski definition) is 1. The molecule has 1 rings (SSSR count). The van der Waals surface area contributed by atoms with E-state index in [2.05, 4.69) is 5.32 Å². The lowest BCUT2D eigenvalue weighted by Crippen LogP contribution is -2.46. The van der Waals surface area contributed by atoms with Crippen LogP contribution in [0.1, 0.15) is 32.6 Å². The molecule has 90 valence electrons. The molecule has 1 saturated carbocycles. The molecule has 5 heteroatoms. The van der Waals surface area contributed by atoms with Crippen molar-refractivity contribution in [2.24, 2.45) is 0 Å². The third-order valence-corrected chi connectivity index (χ3v) is 2.64. The van der Waals surface area contributed by atoms with Crippen molar-refractivity contribution in [3.63, 3.8) is 0 Å². The van der Waals surface area contributed by atoms with Crippen LogP contribution in [-0.2, 0) is 4.74 Å². The lowest BCUT2D eigenvalue weighted by Gasteiger charge is -2.20. The Labute approximate surface area is 88.2 Å². The molecular weight excluding hydrogens is 207 g/mol. The molecule has 1 aliphatic rings. The molecule has 0 amide bonds. The van der Waals surface area contributed by atoms with E-state index in [1.165, 1.54) is 0 Å². The molecule has 0 saturated heterocycles. The van der Waals surface area contributed by atoms with Gasteiger partial charge < -0.3 is 10.1 Å². The standard InChI is InChI=1S/C10H18F3NO/c1-2-3-7-15-8-6-14-9(4-5-9)10(11,12)13/h14H,2-8H2,1H3. The first-order valence-electron chi connectivity index (χ1n) is 5.41. The van der Waals surface area contributed by atoms with Crippen LogP contribution in [0.2, 0.25) is 0 Å². The van der Waals surface area contributed by atoms with E-state index in [0.29, 0.717) is 13.2 Å². The van der Waals surface area contributed by atoms with Crippen molar-refractivity contribution in [1.29, 1.82) is 0 Å². The number of hydrogen-bond acceptors (Lipinski definition) is 2. The van der Waals surface area contributed by atoms with Crippen LogP contribution in [0, 0.1) is 0 Å². The topological polar surface area (TPSA) is 21.3 Å². The van der Waals surface area contributed by atoms with E-state index in [9.17, 15) is 13.2 Å². The molecule has 0 aliphatic heterocycles. The van der Waals surface area contributed by atoms with Gasteiger partial charge in [0.1, 0.15) is 5.54 Å². The Morgan fingerprint density at radius 1 is 1.27 bits per heavy atom. The van der Waals surface area contributed by atoms with Crippen LogP contribution in [0.3, 0.4) is 0 Å². The fourth-order valence-corrected chi connectivity index (χ4v) is 1.40. The van der Waals surface area contributed by atoms with Gasteiger partial charge in [0.25, 0.3) is 0 Å². The molecule has 1 fully saturated rings. The molecule has 0 heterocycles. The molecule has 0 aromatic carbocycles. The largest absolute Gasteiger partial charge is 0.406 e. The van der Waals surface area contributed by atoms with E-state index < -0.39 is 11.7 Å². The highest BCUT2D eigenvalue weighted by molar-refractivity contribution is 5.07. The predicted octanol–water partition coefficient (Wildman–Crippen LogP) is 2.49. The lowest BCUT2D eigenvalue weighted by molar-refractivity contribution is -0.166. The Morgan fingerprint density at radius 2 is 1.93 bits per heavy atom. The Kier molecular flexibility index (Phi) is 4.40. The smallest absolute Gasteiger partial charge is 0.380 e. The summed E-state index contributed by atoms with van der Waals surface area (Å²) >= 11 is 0. The van der Waals surface area contributed by atoms with E-state index in [1.807, 2.05) is 6.92 Å². The maximum atomic E-state index is 12.4. The van der Waals surface area contributed by atoms with Crippen molar-refractivity contribution in [1.82, 2.24) is 5.32 Å². The highest BCUT2D eigenvalue weighted by Crippen LogP contribution is 2.48. The van der Waals surface area contributed by atoms with E-state index in [1.54, 1.807) is 0 Å². The van der Waals surface area contributed by atoms with Gasteiger partial charge in [0.15, 0.2) is 0 Å². The Bertz CT molecular complexity index is 190. The van der Waals surface area contributed by atoms with Crippen LogP contribution >= 0.6 is 0 Å². The van der Waals surface area contributed by atoms with Gasteiger partial charge in [-0.15, -0.1) is 0 Å². The van der Waals surface area contributed by atoms with Crippen molar-refractivity contribution < 1.29 is 17.9 Å². The summed E-state index contributed by atoms with van der Waals surface area (Å²) in [6.45, 7) is 3.32. The molecule has 0 radical (unpaired) electrons. The van der Waals surface area contributed by atoms with Gasteiger partial charge in [0, 0.05) is 13.2 Å². The van der Waals surface area contributed by atoms with E-state index in [4.69, 9.17) is 4.74 Å². The Morgan fingerprint density at radius 3 is 2.40 bits per heavy atom. The first-order valence-corrected chi connectivity index (χ1v) is 5.41. The number of ether oxygens (including phenoxy) is 1. The molecule has 0 unspecified atom stereocenters. The maximum absolute atomic E-state index is 12.4. The molecule has 0 spiro atoms. The lowest BCUT2D eigenvalue weighted by atomic mass is 10.2. The molecule has 0 aromatic rings. The Hall–Kier alpha value is -0.290. The highest BCUT2D eigenvalue weighted by Gasteiger charge is 2.62. The van der Waals surface area contributed by atoms with Crippen LogP contribution in [0.5, 0.6) is 0 Å². The van der Waals surface area contributed by atoms with Crippen molar-refractivity contribution in [2.45, 2.75) is 44.3 Å². The fourth-order valence-electron chi connectivity index (χ4n) is 1.40. The van der Waals surface area contributed by atoms with Gasteiger partial charge in [-0.25, -0.2) is 0 Å². The van der Waals surface area contributed by atoms with Crippen molar-refractivity contribution in [3.05, 3.63) is 0 Å². The molecule has 0 bridgehead atoms. The van der Waals surface area contributed by atoms with Gasteiger partial charge in [-0.3, -0.25) is 0 Å². The summed E-state index contributed by atoms with van der Waals surface area (Å²) in [5.74, 6) is 0. The number of unbranched alkanes of at least 4 members (excludes halogenated alkanes) is 1. The Balaban J connectivity index is 2.05. The highest BCUT2D eigenvalue weighted by atomic mass is 19.4. The third-order valence-electron chi connectivity index (χ3n) is 2.64. The summed E-state index contributed by atoms with van der Waals surface area (Å²) in [6.07, 6.45) is -1.71. The summed E-state index contributed by atoms with van der Waals surface area (Å²) in [4.78, 5) is 0. The molecule has 1 aliphatic carbocycles. The summed E-state index contributed by atoms with van der Waals surface area (Å²) in [7, 11) is 0. The van der Waals surface area contributed by atoms with E-state index in [-0.39, 0.29) is 19.4 Å². The van der Waals surface area contributed by atoms with Crippen molar-refractivity contribution in [2.75, 3.05) is 19.8 Å². The van der Waals surface area contributed by atoms with Crippen LogP contribution in [0.15, 0.2) is 0 Å². The number of rotatable bonds is 7. The molecular formula is C10H18F3NO. The SMILES string of the molecule is CCCCOCCNC1(C(F)(F)F)CC1. The first kappa shape index (κ1) is 12.8. The average Bonchev–Trinajstić information content (AvgIpc) is 2.91. The minimum Gasteiger partial charge on any atom is -0.380 e. The van der Waals surface area contributed by atoms with Gasteiger partial charge in [-0.2, -0.15) is 13.2 Å². The predicted molar refractivity (Wildman–Crippen MR) is 51.7 cm³/mol. The monoisotopic (exact) mass is 225 g/mol. The van der Waals surface area contributed by atoms with Gasteiger partial charge in [0.05, 0.1) is 6.61 Å². The maximum Gasteiger partial charge on any atom is 0.406 e. The molecule has 0 aromatic heterocycles. The number of alkyl halides is 3. The molecule has 1 N–H and O–H groups in total. The van der Waals surface area contributed by atoms with Crippen LogP contribution in [0.25, 0.3) is 0 Å². The molecule has 15 heavy (non-hydrogen) atoms. The fraction of sp³-hybridized carbons (Fsp3) is 1.00. The minimum atomic E-state index is -4.11.